The van der Waals surface area contributed by atoms with Gasteiger partial charge in [0.25, 0.3) is 11.3 Å². The van der Waals surface area contributed by atoms with Crippen molar-refractivity contribution in [3.63, 3.8) is 0 Å². The minimum Gasteiger partial charge on any atom is -0.480 e. The van der Waals surface area contributed by atoms with E-state index in [0.717, 1.165) is 13.9 Å². The molecule has 154 valence electrons. The number of thiazole rings is 1. The monoisotopic (exact) mass is 429 g/mol. The summed E-state index contributed by atoms with van der Waals surface area (Å²) >= 11 is -1.17. The Balaban J connectivity index is 2.22. The number of hydrogen-bond acceptors (Lipinski definition) is 6. The molecule has 0 radical (unpaired) electrons. The molecular weight excluding hydrogens is 406 g/mol. The molecule has 0 aliphatic carbocycles. The second-order valence-corrected chi connectivity index (χ2v) is 8.90. The number of carbonyl (C=O) groups is 2. The van der Waals surface area contributed by atoms with Crippen molar-refractivity contribution in [2.45, 2.75) is 39.3 Å². The lowest BCUT2D eigenvalue weighted by molar-refractivity contribution is -0.142. The molecule has 2 aromatic rings. The van der Waals surface area contributed by atoms with Crippen LogP contribution in [-0.4, -0.2) is 60.5 Å². The normalized spacial score (nSPS) is 13.8. The summed E-state index contributed by atoms with van der Waals surface area (Å²) in [6.45, 7) is 6.13. The van der Waals surface area contributed by atoms with Gasteiger partial charge in [0, 0.05) is 6.54 Å². The maximum absolute atomic E-state index is 12.4. The average molecular weight is 430 g/mol. The zero-order valence-corrected chi connectivity index (χ0v) is 17.6. The maximum Gasteiger partial charge on any atom is 0.411 e. The highest BCUT2D eigenvalue weighted by atomic mass is 32.2. The highest BCUT2D eigenvalue weighted by molar-refractivity contribution is 7.81. The van der Waals surface area contributed by atoms with Crippen LogP contribution < -0.4 is 4.31 Å². The van der Waals surface area contributed by atoms with Gasteiger partial charge in [-0.05, 0) is 39.8 Å². The average Bonchev–Trinajstić information content (AvgIpc) is 2.99. The Kier molecular flexibility index (Phi) is 6.96. The van der Waals surface area contributed by atoms with E-state index in [0.29, 0.717) is 10.6 Å². The summed E-state index contributed by atoms with van der Waals surface area (Å²) in [4.78, 5) is 29.2. The molecule has 2 N–H and O–H groups in total. The molecule has 1 unspecified atom stereocenters. The molecule has 0 fully saturated rings. The van der Waals surface area contributed by atoms with Crippen LogP contribution in [-0.2, 0) is 20.8 Å². The number of amides is 1. The zero-order chi connectivity index (χ0) is 21.1. The minimum absolute atomic E-state index is 0.0974. The number of aromatic nitrogens is 1. The van der Waals surface area contributed by atoms with Crippen LogP contribution in [0.3, 0.4) is 0 Å². The lowest BCUT2D eigenvalue weighted by atomic mass is 10.2. The molecule has 9 nitrogen and oxygen atoms in total. The van der Waals surface area contributed by atoms with Gasteiger partial charge in [0.1, 0.15) is 11.6 Å². The summed E-state index contributed by atoms with van der Waals surface area (Å²) in [7, 11) is 0. The first kappa shape index (κ1) is 22.1. The summed E-state index contributed by atoms with van der Waals surface area (Å²) in [6.07, 6.45) is -0.810. The van der Waals surface area contributed by atoms with Crippen molar-refractivity contribution in [1.82, 2.24) is 9.88 Å². The lowest BCUT2D eigenvalue weighted by Gasteiger charge is -2.31. The van der Waals surface area contributed by atoms with Crippen LogP contribution in [0.25, 0.3) is 10.2 Å². The van der Waals surface area contributed by atoms with E-state index in [4.69, 9.17) is 4.74 Å². The molecule has 2 atom stereocenters. The van der Waals surface area contributed by atoms with Gasteiger partial charge in [0.05, 0.1) is 16.8 Å². The molecule has 0 bridgehead atoms. The molecule has 1 aromatic heterocycles. The molecule has 0 spiro atoms. The molecule has 1 heterocycles. The zero-order valence-electron chi connectivity index (χ0n) is 16.0. The lowest BCUT2D eigenvalue weighted by Crippen LogP contribution is -2.49. The summed E-state index contributed by atoms with van der Waals surface area (Å²) in [6, 6.07) is 6.11. The Morgan fingerprint density at radius 1 is 1.29 bits per heavy atom. The largest absolute Gasteiger partial charge is 0.480 e. The maximum atomic E-state index is 12.4. The van der Waals surface area contributed by atoms with Crippen LogP contribution >= 0.6 is 11.3 Å². The standard InChI is InChI=1S/C17H23N3O6S2/c1-11(14(21)22)19(16(23)26-17(2,3)4)9-10-20(28(24)25)15-18-12-7-5-6-8-13(12)27-15/h5-8,11H,9-10H2,1-4H3,(H,21,22)(H,24,25)/t11-/m0/s1. The van der Waals surface area contributed by atoms with Gasteiger partial charge in [-0.3, -0.25) is 9.45 Å². The van der Waals surface area contributed by atoms with Crippen LogP contribution in [0.5, 0.6) is 0 Å². The van der Waals surface area contributed by atoms with E-state index in [1.807, 2.05) is 18.2 Å². The van der Waals surface area contributed by atoms with E-state index in [1.165, 1.54) is 18.3 Å². The van der Waals surface area contributed by atoms with E-state index >= 15 is 0 Å². The fraction of sp³-hybridized carbons (Fsp3) is 0.471. The van der Waals surface area contributed by atoms with Gasteiger partial charge in [0.15, 0.2) is 5.13 Å². The molecule has 0 aliphatic heterocycles. The summed E-state index contributed by atoms with van der Waals surface area (Å²) in [5.74, 6) is -1.21. The van der Waals surface area contributed by atoms with Gasteiger partial charge in [-0.2, -0.15) is 0 Å². The Hall–Kier alpha value is -2.24. The van der Waals surface area contributed by atoms with E-state index in [2.05, 4.69) is 4.98 Å². The van der Waals surface area contributed by atoms with E-state index < -0.39 is 35.0 Å². The molecule has 1 amide bonds. The number of carboxylic acids is 1. The number of fused-ring (bicyclic) bond motifs is 1. The number of aliphatic carboxylic acids is 1. The van der Waals surface area contributed by atoms with E-state index in [9.17, 15) is 23.5 Å². The fourth-order valence-corrected chi connectivity index (χ4v) is 3.92. The Bertz CT molecular complexity index is 846. The van der Waals surface area contributed by atoms with Crippen LogP contribution in [0.4, 0.5) is 9.93 Å². The molecule has 1 aromatic carbocycles. The molecular formula is C17H23N3O6S2. The number of rotatable bonds is 7. The third-order valence-corrected chi connectivity index (χ3v) is 5.59. The van der Waals surface area contributed by atoms with Gasteiger partial charge < -0.3 is 9.84 Å². The fourth-order valence-electron chi connectivity index (χ4n) is 2.30. The number of hydrogen-bond donors (Lipinski definition) is 2. The Morgan fingerprint density at radius 3 is 2.46 bits per heavy atom. The molecule has 0 saturated heterocycles. The third kappa shape index (κ3) is 5.63. The van der Waals surface area contributed by atoms with Gasteiger partial charge in [-0.1, -0.05) is 23.5 Å². The van der Waals surface area contributed by atoms with Gasteiger partial charge in [0.2, 0.25) is 0 Å². The summed E-state index contributed by atoms with van der Waals surface area (Å²) < 4.78 is 28.8. The number of carbonyl (C=O) groups excluding carboxylic acids is 1. The number of ether oxygens (including phenoxy) is 1. The summed E-state index contributed by atoms with van der Waals surface area (Å²) in [5.41, 5.74) is -0.124. The van der Waals surface area contributed by atoms with Gasteiger partial charge in [-0.25, -0.2) is 23.1 Å². The van der Waals surface area contributed by atoms with Crippen molar-refractivity contribution in [3.8, 4) is 0 Å². The van der Waals surface area contributed by atoms with Crippen molar-refractivity contribution in [2.75, 3.05) is 17.4 Å². The highest BCUT2D eigenvalue weighted by Gasteiger charge is 2.31. The number of carboxylic acid groups (broad SMARTS) is 1. The Labute approximate surface area is 169 Å². The third-order valence-electron chi connectivity index (χ3n) is 3.68. The first-order valence-electron chi connectivity index (χ1n) is 8.46. The van der Waals surface area contributed by atoms with Crippen molar-refractivity contribution < 1.29 is 28.2 Å². The predicted octanol–water partition coefficient (Wildman–Crippen LogP) is 2.95. The minimum atomic E-state index is -2.40. The topological polar surface area (TPSA) is 120 Å². The van der Waals surface area contributed by atoms with Crippen LogP contribution in [0.1, 0.15) is 27.7 Å². The first-order chi connectivity index (χ1) is 13.0. The highest BCUT2D eigenvalue weighted by Crippen LogP contribution is 2.29. The second kappa shape index (κ2) is 8.84. The quantitative estimate of drug-likeness (QED) is 0.649. The van der Waals surface area contributed by atoms with Crippen molar-refractivity contribution in [2.24, 2.45) is 0 Å². The molecule has 11 heteroatoms. The van der Waals surface area contributed by atoms with Crippen molar-refractivity contribution >= 4 is 50.0 Å². The first-order valence-corrected chi connectivity index (χ1v) is 10.3. The number of nitrogens with zero attached hydrogens (tertiary/aromatic N) is 3. The molecule has 0 aliphatic rings. The van der Waals surface area contributed by atoms with E-state index in [1.54, 1.807) is 26.8 Å². The van der Waals surface area contributed by atoms with Gasteiger partial charge >= 0.3 is 12.1 Å². The molecule has 28 heavy (non-hydrogen) atoms. The Morgan fingerprint density at radius 2 is 1.93 bits per heavy atom. The smallest absolute Gasteiger partial charge is 0.411 e. The van der Waals surface area contributed by atoms with Crippen LogP contribution in [0.15, 0.2) is 24.3 Å². The number of anilines is 1. The molecule has 2 rings (SSSR count). The van der Waals surface area contributed by atoms with Gasteiger partial charge in [-0.15, -0.1) is 0 Å². The van der Waals surface area contributed by atoms with Crippen LogP contribution in [0, 0.1) is 0 Å². The summed E-state index contributed by atoms with van der Waals surface area (Å²) in [5, 5.41) is 9.60. The van der Waals surface area contributed by atoms with Crippen LogP contribution in [0.2, 0.25) is 0 Å². The number of benzene rings is 1. The molecule has 0 saturated carbocycles. The predicted molar refractivity (Wildman–Crippen MR) is 108 cm³/mol. The van der Waals surface area contributed by atoms with Crippen molar-refractivity contribution in [3.05, 3.63) is 24.3 Å². The van der Waals surface area contributed by atoms with Crippen molar-refractivity contribution in [1.29, 1.82) is 0 Å². The number of para-hydroxylation sites is 1. The van der Waals surface area contributed by atoms with E-state index in [-0.39, 0.29) is 13.1 Å². The second-order valence-electron chi connectivity index (χ2n) is 6.98. The SMILES string of the molecule is C[C@@H](C(=O)O)N(CCN(c1nc2ccccc2s1)S(=O)O)C(=O)OC(C)(C)C.